The van der Waals surface area contributed by atoms with Crippen LogP contribution in [0, 0.1) is 0 Å². The molecular weight excluding hydrogens is 631 g/mol. The van der Waals surface area contributed by atoms with E-state index in [2.05, 4.69) is 14.7 Å². The molecule has 1 amide bonds. The van der Waals surface area contributed by atoms with E-state index in [1.54, 1.807) is 16.7 Å². The van der Waals surface area contributed by atoms with Crippen molar-refractivity contribution in [3.8, 4) is 5.75 Å². The van der Waals surface area contributed by atoms with Crippen molar-refractivity contribution in [2.24, 2.45) is 0 Å². The van der Waals surface area contributed by atoms with Gasteiger partial charge in [-0.2, -0.15) is 17.8 Å². The molecule has 5 heterocycles. The van der Waals surface area contributed by atoms with Crippen LogP contribution >= 0.6 is 36.6 Å². The Morgan fingerprint density at radius 2 is 1.76 bits per heavy atom. The highest BCUT2D eigenvalue weighted by Crippen LogP contribution is 2.41. The summed E-state index contributed by atoms with van der Waals surface area (Å²) in [6.45, 7) is 2.68. The summed E-state index contributed by atoms with van der Waals surface area (Å²) in [5, 5.41) is 2.30. The Hall–Kier alpha value is -2.65. The molecule has 0 saturated carbocycles. The third kappa shape index (κ3) is 5.91. The average molecular weight is 657 g/mol. The zero-order valence-electron chi connectivity index (χ0n) is 21.8. The number of piperazine rings is 1. The van der Waals surface area contributed by atoms with E-state index in [0.717, 1.165) is 23.6 Å². The van der Waals surface area contributed by atoms with Gasteiger partial charge in [0.25, 0.3) is 5.91 Å². The third-order valence-electron chi connectivity index (χ3n) is 7.49. The van der Waals surface area contributed by atoms with Gasteiger partial charge < -0.3 is 14.5 Å². The summed E-state index contributed by atoms with van der Waals surface area (Å²) in [4.78, 5) is 20.1. The Kier molecular flexibility index (Phi) is 9.06. The third-order valence-corrected chi connectivity index (χ3v) is 8.46. The van der Waals surface area contributed by atoms with Crippen molar-refractivity contribution >= 4 is 59.1 Å². The lowest BCUT2D eigenvalue weighted by molar-refractivity contribution is -0.948. The number of benzene rings is 1. The predicted octanol–water partition coefficient (Wildman–Crippen LogP) is 5.73. The molecule has 0 spiro atoms. The fraction of sp³-hybridized carbons (Fsp3) is 0.385. The maximum absolute atomic E-state index is 13.8. The van der Waals surface area contributed by atoms with Gasteiger partial charge in [-0.25, -0.2) is 4.98 Å². The van der Waals surface area contributed by atoms with Crippen LogP contribution in [0.4, 0.5) is 32.0 Å². The number of carbonyl (C=O) groups is 1. The summed E-state index contributed by atoms with van der Waals surface area (Å²) >= 11 is 1.71. The van der Waals surface area contributed by atoms with E-state index in [0.29, 0.717) is 55.3 Å². The van der Waals surface area contributed by atoms with E-state index < -0.39 is 29.5 Å². The van der Waals surface area contributed by atoms with Gasteiger partial charge in [0.05, 0.1) is 24.5 Å². The van der Waals surface area contributed by atoms with Gasteiger partial charge in [0.15, 0.2) is 11.4 Å². The molecule has 1 aromatic carbocycles. The van der Waals surface area contributed by atoms with Gasteiger partial charge >= 0.3 is 12.5 Å². The molecule has 0 unspecified atom stereocenters. The highest BCUT2D eigenvalue weighted by Gasteiger charge is 2.48. The Labute approximate surface area is 253 Å². The number of ether oxygens (including phenoxy) is 1. The second-order valence-corrected chi connectivity index (χ2v) is 10.9. The van der Waals surface area contributed by atoms with Crippen molar-refractivity contribution in [1.82, 2.24) is 14.9 Å². The number of halogens is 8. The molecule has 7 nitrogen and oxygen atoms in total. The largest absolute Gasteiger partial charge is 0.573 e. The lowest BCUT2D eigenvalue weighted by Crippen LogP contribution is -2.60. The Morgan fingerprint density at radius 3 is 2.40 bits per heavy atom. The van der Waals surface area contributed by atoms with Gasteiger partial charge in [-0.05, 0) is 18.2 Å². The smallest absolute Gasteiger partial charge is 0.403 e. The number of alkyl halides is 6. The first-order chi connectivity index (χ1) is 18.9. The Balaban J connectivity index is 0.00000202. The number of carbonyl (C=O) groups excluding carboxylic acids is 1. The van der Waals surface area contributed by atoms with Crippen molar-refractivity contribution in [3.05, 3.63) is 65.7 Å². The van der Waals surface area contributed by atoms with E-state index >= 15 is 0 Å². The lowest BCUT2D eigenvalue weighted by Gasteiger charge is -2.44. The molecule has 1 aromatic heterocycles. The number of pyridine rings is 1. The van der Waals surface area contributed by atoms with Gasteiger partial charge in [0.1, 0.15) is 24.0 Å². The Bertz CT molecular complexity index is 1450. The number of rotatable bonds is 4. The van der Waals surface area contributed by atoms with Crippen molar-refractivity contribution in [2.45, 2.75) is 12.5 Å². The standard InChI is InChI=1S/C26H24F6N5O2S.2ClH/c27-25(28,29)22-14-20(19-4-1-5-21(23(19)33-22)39-26(30,31)32)34-6-8-36(9-7-34)37-11-2-3-18(37)13-17(15-37)24(38)35-10-12-40-16-35;;/h1-5,11,13-14H,6-10,12,15-16H2;2*1H/q+1;;/t37-;;/m1../s1. The SMILES string of the molecule is Cl.Cl.O=C(C1=CC2=CC=C[N@@+]2(N2CCN(c3cc(C(F)(F)F)nc4c(OC(F)(F)F)cccc34)CC2)C1)N1CCSC1. The van der Waals surface area contributed by atoms with Crippen molar-refractivity contribution in [3.63, 3.8) is 0 Å². The monoisotopic (exact) mass is 656 g/mol. The first-order valence-electron chi connectivity index (χ1n) is 12.6. The summed E-state index contributed by atoms with van der Waals surface area (Å²) in [6.07, 6.45) is -2.14. The molecular formula is C26H26Cl2F6N5O2S+. The van der Waals surface area contributed by atoms with Crippen LogP contribution in [0.25, 0.3) is 10.9 Å². The predicted molar refractivity (Wildman–Crippen MR) is 151 cm³/mol. The van der Waals surface area contributed by atoms with E-state index in [9.17, 15) is 31.1 Å². The van der Waals surface area contributed by atoms with Crippen LogP contribution in [-0.4, -0.2) is 82.7 Å². The normalized spacial score (nSPS) is 22.4. The summed E-state index contributed by atoms with van der Waals surface area (Å²) in [7, 11) is 0. The fourth-order valence-corrected chi connectivity index (χ4v) is 6.61. The van der Waals surface area contributed by atoms with Crippen LogP contribution in [0.5, 0.6) is 5.75 Å². The average Bonchev–Trinajstić information content (AvgIpc) is 3.64. The van der Waals surface area contributed by atoms with Crippen LogP contribution in [-0.2, 0) is 11.0 Å². The van der Waals surface area contributed by atoms with E-state index in [1.807, 2.05) is 29.3 Å². The number of para-hydroxylation sites is 1. The first kappa shape index (κ1) is 32.3. The number of hydrogen-bond donors (Lipinski definition) is 0. The zero-order chi connectivity index (χ0) is 28.3. The summed E-state index contributed by atoms with van der Waals surface area (Å²) in [5.41, 5.74) is 0.00378. The maximum atomic E-state index is 13.8. The van der Waals surface area contributed by atoms with Crippen molar-refractivity contribution < 1.29 is 40.5 Å². The number of amides is 1. The minimum atomic E-state index is -5.09. The topological polar surface area (TPSA) is 48.9 Å². The second kappa shape index (κ2) is 11.8. The molecule has 42 heavy (non-hydrogen) atoms. The molecule has 1 atom stereocenters. The molecule has 4 aliphatic heterocycles. The minimum Gasteiger partial charge on any atom is -0.403 e. The van der Waals surface area contributed by atoms with Crippen LogP contribution < -0.4 is 9.64 Å². The highest BCUT2D eigenvalue weighted by molar-refractivity contribution is 7.99. The van der Waals surface area contributed by atoms with Crippen LogP contribution in [0.2, 0.25) is 0 Å². The molecule has 0 aliphatic carbocycles. The number of quaternary nitrogens is 1. The maximum Gasteiger partial charge on any atom is 0.573 e. The number of allylic oxidation sites excluding steroid dienone is 3. The first-order valence-corrected chi connectivity index (χ1v) is 13.7. The number of thioether (sulfide) groups is 1. The summed E-state index contributed by atoms with van der Waals surface area (Å²) in [6, 6.07) is 4.58. The van der Waals surface area contributed by atoms with Crippen molar-refractivity contribution in [1.29, 1.82) is 0 Å². The summed E-state index contributed by atoms with van der Waals surface area (Å²) < 4.78 is 84.6. The molecule has 0 N–H and O–H groups in total. The zero-order valence-corrected chi connectivity index (χ0v) is 24.3. The minimum absolute atomic E-state index is 0. The van der Waals surface area contributed by atoms with Gasteiger partial charge in [0, 0.05) is 48.6 Å². The number of anilines is 1. The highest BCUT2D eigenvalue weighted by atomic mass is 35.5. The molecule has 6 rings (SSSR count). The second-order valence-electron chi connectivity index (χ2n) is 9.86. The molecule has 16 heteroatoms. The van der Waals surface area contributed by atoms with Crippen LogP contribution in [0.3, 0.4) is 0 Å². The van der Waals surface area contributed by atoms with Gasteiger partial charge in [-0.15, -0.1) is 54.8 Å². The molecule has 0 bridgehead atoms. The molecule has 4 aliphatic rings. The van der Waals surface area contributed by atoms with Crippen molar-refractivity contribution in [2.75, 3.05) is 55.8 Å². The number of fused-ring (bicyclic) bond motifs is 2. The summed E-state index contributed by atoms with van der Waals surface area (Å²) in [5.74, 6) is 0.805. The molecule has 228 valence electrons. The fourth-order valence-electron chi connectivity index (χ4n) is 5.66. The molecule has 2 fully saturated rings. The van der Waals surface area contributed by atoms with E-state index in [4.69, 9.17) is 0 Å². The van der Waals surface area contributed by atoms with Gasteiger partial charge in [-0.3, -0.25) is 4.79 Å². The van der Waals surface area contributed by atoms with Gasteiger partial charge in [0.2, 0.25) is 0 Å². The van der Waals surface area contributed by atoms with Gasteiger partial charge in [-0.1, -0.05) is 12.1 Å². The number of aromatic nitrogens is 1. The number of hydrogen-bond acceptors (Lipinski definition) is 6. The lowest BCUT2D eigenvalue weighted by atomic mass is 10.1. The molecule has 2 aromatic rings. The van der Waals surface area contributed by atoms with Crippen LogP contribution in [0.1, 0.15) is 5.69 Å². The molecule has 0 radical (unpaired) electrons. The van der Waals surface area contributed by atoms with E-state index in [-0.39, 0.29) is 41.8 Å². The Morgan fingerprint density at radius 1 is 1.02 bits per heavy atom. The van der Waals surface area contributed by atoms with E-state index in [1.165, 1.54) is 12.1 Å². The number of nitrogens with zero attached hydrogens (tertiary/aromatic N) is 5. The quantitative estimate of drug-likeness (QED) is 0.309. The molecule has 2 saturated heterocycles. The van der Waals surface area contributed by atoms with Crippen LogP contribution in [0.15, 0.2) is 60.0 Å².